The largest absolute Gasteiger partial charge is 0.484 e. The molecule has 1 aromatic carbocycles. The number of fused-ring (bicyclic) bond motifs is 4. The Kier molecular flexibility index (Phi) is 4.84. The van der Waals surface area contributed by atoms with Gasteiger partial charge in [-0.15, -0.1) is 5.10 Å². The van der Waals surface area contributed by atoms with Gasteiger partial charge in [0.15, 0.2) is 6.67 Å². The van der Waals surface area contributed by atoms with Crippen LogP contribution < -0.4 is 4.74 Å². The van der Waals surface area contributed by atoms with Gasteiger partial charge in [0.1, 0.15) is 24.2 Å². The van der Waals surface area contributed by atoms with E-state index in [-0.39, 0.29) is 12.6 Å². The number of carbonyl (C=O) groups excluding carboxylic acids is 1. The summed E-state index contributed by atoms with van der Waals surface area (Å²) < 4.78 is 40.2. The molecule has 1 amide bonds. The average Bonchev–Trinajstić information content (AvgIpc) is 3.55. The number of aromatic nitrogens is 4. The molecule has 2 bridgehead atoms. The molecule has 0 unspecified atom stereocenters. The van der Waals surface area contributed by atoms with E-state index in [2.05, 4.69) is 15.3 Å². The van der Waals surface area contributed by atoms with Gasteiger partial charge in [-0.05, 0) is 42.7 Å². The van der Waals surface area contributed by atoms with Crippen LogP contribution in [0.5, 0.6) is 5.75 Å². The molecule has 1 aliphatic carbocycles. The molecule has 2 aromatic heterocycles. The molecule has 7 rings (SSSR count). The monoisotopic (exact) mass is 469 g/mol. The molecule has 5 heterocycles. The second-order valence-electron chi connectivity index (χ2n) is 9.64. The smallest absolute Gasteiger partial charge is 0.254 e. The summed E-state index contributed by atoms with van der Waals surface area (Å²) in [5, 5.41) is 9.62. The Labute approximate surface area is 194 Å². The number of nitrogens with zero attached hydrogens (tertiary/aromatic N) is 5. The quantitative estimate of drug-likeness (QED) is 0.552. The van der Waals surface area contributed by atoms with Gasteiger partial charge in [-0.25, -0.2) is 13.5 Å². The highest BCUT2D eigenvalue weighted by atomic mass is 19.1. The summed E-state index contributed by atoms with van der Waals surface area (Å²) in [6, 6.07) is 5.84. The Morgan fingerprint density at radius 1 is 1.32 bits per heavy atom. The maximum absolute atomic E-state index is 13.8. The predicted octanol–water partition coefficient (Wildman–Crippen LogP) is 3.05. The fraction of sp³-hybridized carbons (Fsp3) is 0.500. The van der Waals surface area contributed by atoms with Crippen LogP contribution >= 0.6 is 0 Å². The Bertz CT molecular complexity index is 1270. The van der Waals surface area contributed by atoms with Crippen molar-refractivity contribution >= 4 is 16.8 Å². The van der Waals surface area contributed by atoms with Crippen molar-refractivity contribution in [2.75, 3.05) is 26.5 Å². The highest BCUT2D eigenvalue weighted by Crippen LogP contribution is 2.57. The summed E-state index contributed by atoms with van der Waals surface area (Å²) in [5.41, 5.74) is 2.44. The number of amides is 1. The Morgan fingerprint density at radius 2 is 2.18 bits per heavy atom. The molecule has 3 aliphatic heterocycles. The summed E-state index contributed by atoms with van der Waals surface area (Å²) in [5.74, 6) is 0.0312. The van der Waals surface area contributed by atoms with Crippen LogP contribution in [0.3, 0.4) is 0 Å². The van der Waals surface area contributed by atoms with Crippen molar-refractivity contribution < 1.29 is 23.0 Å². The molecule has 1 atom stereocenters. The van der Waals surface area contributed by atoms with Crippen LogP contribution in [0.4, 0.5) is 8.78 Å². The number of hydrogen-bond donors (Lipinski definition) is 0. The van der Waals surface area contributed by atoms with Crippen LogP contribution in [0.25, 0.3) is 10.9 Å². The first kappa shape index (κ1) is 21.4. The van der Waals surface area contributed by atoms with E-state index in [0.29, 0.717) is 37.5 Å². The zero-order chi connectivity index (χ0) is 23.5. The van der Waals surface area contributed by atoms with E-state index >= 15 is 0 Å². The average molecular weight is 469 g/mol. The topological polar surface area (TPSA) is 82.4 Å². The molecule has 10 heteroatoms. The molecule has 4 aliphatic rings. The maximum Gasteiger partial charge on any atom is 0.254 e. The first-order chi connectivity index (χ1) is 16.5. The van der Waals surface area contributed by atoms with Crippen molar-refractivity contribution in [3.8, 4) is 5.75 Å². The van der Waals surface area contributed by atoms with Crippen LogP contribution in [-0.4, -0.2) is 62.8 Å². The van der Waals surface area contributed by atoms with E-state index in [1.165, 1.54) is 10.5 Å². The van der Waals surface area contributed by atoms with Gasteiger partial charge in [0.2, 0.25) is 0 Å². The molecule has 8 nitrogen and oxygen atoms in total. The Hall–Kier alpha value is -3.14. The van der Waals surface area contributed by atoms with E-state index in [9.17, 15) is 13.6 Å². The van der Waals surface area contributed by atoms with Gasteiger partial charge in [0, 0.05) is 31.0 Å². The standard InChI is InChI=1S/C24H25F2N5O3/c1-15(34-17-2-3-20-19(6-17)18-4-5-33-10-16(18)8-27-20)21-9-31(29-28-21)24-11-23(12-24,13-26)30(14-24)22(32)7-25/h2-3,6,8-9,15H,4-5,7,10-14H2,1H3/t15-,23?,24?/m1/s1. The number of alkyl halides is 2. The van der Waals surface area contributed by atoms with E-state index in [1.807, 2.05) is 31.3 Å². The lowest BCUT2D eigenvalue weighted by Gasteiger charge is -2.45. The van der Waals surface area contributed by atoms with Gasteiger partial charge < -0.3 is 14.4 Å². The molecule has 0 spiro atoms. The van der Waals surface area contributed by atoms with E-state index in [0.717, 1.165) is 22.9 Å². The molecular weight excluding hydrogens is 444 g/mol. The van der Waals surface area contributed by atoms with E-state index < -0.39 is 30.3 Å². The molecule has 34 heavy (non-hydrogen) atoms. The lowest BCUT2D eigenvalue weighted by Crippen LogP contribution is -2.56. The summed E-state index contributed by atoms with van der Waals surface area (Å²) in [4.78, 5) is 17.9. The molecule has 3 fully saturated rings. The molecule has 0 N–H and O–H groups in total. The van der Waals surface area contributed by atoms with Gasteiger partial charge in [-0.1, -0.05) is 5.21 Å². The third-order valence-electron chi connectivity index (χ3n) is 7.53. The van der Waals surface area contributed by atoms with Gasteiger partial charge in [-0.3, -0.25) is 9.78 Å². The van der Waals surface area contributed by atoms with Crippen LogP contribution in [0.2, 0.25) is 0 Å². The Morgan fingerprint density at radius 3 is 2.97 bits per heavy atom. The SMILES string of the molecule is C[C@@H](Oc1ccc2ncc3c(c2c1)CCOC3)c1cn(C23CN(C(=O)CF)C(CF)(C2)C3)nn1. The van der Waals surface area contributed by atoms with Crippen LogP contribution in [-0.2, 0) is 28.1 Å². The summed E-state index contributed by atoms with van der Waals surface area (Å²) >= 11 is 0. The van der Waals surface area contributed by atoms with Crippen LogP contribution in [0.15, 0.2) is 30.6 Å². The first-order valence-electron chi connectivity index (χ1n) is 11.5. The molecule has 3 aromatic rings. The Balaban J connectivity index is 1.22. The van der Waals surface area contributed by atoms with Crippen molar-refractivity contribution in [2.24, 2.45) is 0 Å². The number of halogens is 2. The minimum absolute atomic E-state index is 0.240. The maximum atomic E-state index is 13.8. The minimum atomic E-state index is -1.12. The lowest BCUT2D eigenvalue weighted by atomic mass is 9.68. The molecule has 178 valence electrons. The van der Waals surface area contributed by atoms with Gasteiger partial charge in [-0.2, -0.15) is 0 Å². The number of hydrogen-bond acceptors (Lipinski definition) is 6. The van der Waals surface area contributed by atoms with Crippen molar-refractivity contribution in [3.63, 3.8) is 0 Å². The zero-order valence-electron chi connectivity index (χ0n) is 18.8. The van der Waals surface area contributed by atoms with Crippen molar-refractivity contribution in [1.29, 1.82) is 0 Å². The summed E-state index contributed by atoms with van der Waals surface area (Å²) in [6.07, 6.45) is 4.94. The van der Waals surface area contributed by atoms with Crippen molar-refractivity contribution in [3.05, 3.63) is 47.4 Å². The second kappa shape index (κ2) is 7.69. The van der Waals surface area contributed by atoms with E-state index in [1.54, 1.807) is 10.9 Å². The normalized spacial score (nSPS) is 26.3. The highest BCUT2D eigenvalue weighted by Gasteiger charge is 2.68. The number of carbonyl (C=O) groups is 1. The summed E-state index contributed by atoms with van der Waals surface area (Å²) in [6.45, 7) is 1.59. The number of rotatable bonds is 6. The van der Waals surface area contributed by atoms with Crippen molar-refractivity contribution in [2.45, 2.75) is 50.0 Å². The third-order valence-corrected chi connectivity index (χ3v) is 7.53. The number of ether oxygens (including phenoxy) is 2. The molecular formula is C24H25F2N5O3. The number of pyridine rings is 1. The van der Waals surface area contributed by atoms with Crippen molar-refractivity contribution in [1.82, 2.24) is 24.9 Å². The van der Waals surface area contributed by atoms with E-state index in [4.69, 9.17) is 9.47 Å². The second-order valence-corrected chi connectivity index (χ2v) is 9.64. The number of benzene rings is 1. The fourth-order valence-corrected chi connectivity index (χ4v) is 5.84. The molecule has 0 radical (unpaired) electrons. The fourth-order valence-electron chi connectivity index (χ4n) is 5.84. The molecule has 2 saturated heterocycles. The first-order valence-corrected chi connectivity index (χ1v) is 11.5. The van der Waals surface area contributed by atoms with Gasteiger partial charge in [0.05, 0.1) is 36.0 Å². The molecule has 1 saturated carbocycles. The van der Waals surface area contributed by atoms with Crippen LogP contribution in [0, 0.1) is 0 Å². The van der Waals surface area contributed by atoms with Gasteiger partial charge >= 0.3 is 0 Å². The predicted molar refractivity (Wildman–Crippen MR) is 118 cm³/mol. The zero-order valence-corrected chi connectivity index (χ0v) is 18.8. The van der Waals surface area contributed by atoms with Crippen LogP contribution in [0.1, 0.15) is 42.7 Å². The lowest BCUT2D eigenvalue weighted by molar-refractivity contribution is -0.136. The van der Waals surface area contributed by atoms with Gasteiger partial charge in [0.25, 0.3) is 5.91 Å². The third kappa shape index (κ3) is 3.11. The highest BCUT2D eigenvalue weighted by molar-refractivity contribution is 5.84. The minimum Gasteiger partial charge on any atom is -0.484 e. The summed E-state index contributed by atoms with van der Waals surface area (Å²) in [7, 11) is 0.